The van der Waals surface area contributed by atoms with Gasteiger partial charge in [0, 0.05) is 6.54 Å². The van der Waals surface area contributed by atoms with Gasteiger partial charge in [-0.3, -0.25) is 0 Å². The zero-order chi connectivity index (χ0) is 17.9. The van der Waals surface area contributed by atoms with Crippen molar-refractivity contribution in [3.8, 4) is 23.1 Å². The molecule has 132 valence electrons. The number of hydrogen-bond acceptors (Lipinski definition) is 4. The Morgan fingerprint density at radius 3 is 2.65 bits per heavy atom. The molecule has 0 radical (unpaired) electrons. The van der Waals surface area contributed by atoms with E-state index in [1.54, 1.807) is 20.5 Å². The third-order valence-electron chi connectivity index (χ3n) is 4.49. The fraction of sp³-hybridized carbons (Fsp3) is 0.190. The molecule has 0 spiro atoms. The van der Waals surface area contributed by atoms with Gasteiger partial charge in [-0.15, -0.1) is 0 Å². The quantitative estimate of drug-likeness (QED) is 0.513. The second-order valence-corrected chi connectivity index (χ2v) is 5.98. The van der Waals surface area contributed by atoms with Crippen LogP contribution in [0.4, 0.5) is 0 Å². The molecule has 0 fully saturated rings. The molecule has 0 saturated heterocycles. The van der Waals surface area contributed by atoms with Gasteiger partial charge in [0.25, 0.3) is 0 Å². The maximum atomic E-state index is 5.60. The molecular formula is C21H20N2O3. The predicted molar refractivity (Wildman–Crippen MR) is 101 cm³/mol. The molecule has 4 rings (SSSR count). The lowest BCUT2D eigenvalue weighted by Gasteiger charge is -2.12. The summed E-state index contributed by atoms with van der Waals surface area (Å²) < 4.78 is 18.6. The molecule has 26 heavy (non-hydrogen) atoms. The molecule has 0 amide bonds. The Hall–Kier alpha value is -3.21. The number of nitrogens with zero attached hydrogens (tertiary/aromatic N) is 2. The minimum absolute atomic E-state index is 0.750. The topological polar surface area (TPSA) is 49.4 Å². The summed E-state index contributed by atoms with van der Waals surface area (Å²) in [6.45, 7) is 0.750. The minimum Gasteiger partial charge on any atom is -0.497 e. The van der Waals surface area contributed by atoms with Crippen LogP contribution in [0.3, 0.4) is 0 Å². The van der Waals surface area contributed by atoms with Crippen molar-refractivity contribution in [1.82, 2.24) is 9.55 Å². The van der Waals surface area contributed by atoms with Crippen LogP contribution in [-0.4, -0.2) is 23.8 Å². The molecule has 2 aromatic carbocycles. The number of hydrogen-bond donors (Lipinski definition) is 0. The van der Waals surface area contributed by atoms with Gasteiger partial charge in [0.05, 0.1) is 31.5 Å². The predicted octanol–water partition coefficient (Wildman–Crippen LogP) is 4.56. The number of imidazole rings is 1. The molecule has 0 aliphatic rings. The molecular weight excluding hydrogens is 328 g/mol. The highest BCUT2D eigenvalue weighted by molar-refractivity contribution is 5.79. The lowest BCUT2D eigenvalue weighted by molar-refractivity contribution is 0.398. The molecule has 0 bridgehead atoms. The van der Waals surface area contributed by atoms with Crippen LogP contribution >= 0.6 is 0 Å². The Kier molecular flexibility index (Phi) is 4.35. The molecule has 5 heteroatoms. The summed E-state index contributed by atoms with van der Waals surface area (Å²) in [5.41, 5.74) is 3.13. The van der Waals surface area contributed by atoms with Crippen molar-refractivity contribution in [1.29, 1.82) is 0 Å². The number of ether oxygens (including phenoxy) is 2. The highest BCUT2D eigenvalue weighted by atomic mass is 16.5. The Morgan fingerprint density at radius 2 is 1.88 bits per heavy atom. The van der Waals surface area contributed by atoms with E-state index >= 15 is 0 Å². The summed E-state index contributed by atoms with van der Waals surface area (Å²) in [5, 5.41) is 0. The Balaban J connectivity index is 1.73. The average molecular weight is 348 g/mol. The van der Waals surface area contributed by atoms with Crippen LogP contribution in [0.15, 0.2) is 65.3 Å². The van der Waals surface area contributed by atoms with Crippen molar-refractivity contribution in [3.05, 3.63) is 66.4 Å². The number of rotatable bonds is 6. The number of furan rings is 1. The Labute approximate surface area is 151 Å². The van der Waals surface area contributed by atoms with E-state index in [1.165, 1.54) is 0 Å². The minimum atomic E-state index is 0.750. The monoisotopic (exact) mass is 348 g/mol. The third-order valence-corrected chi connectivity index (χ3v) is 4.49. The van der Waals surface area contributed by atoms with Crippen LogP contribution in [-0.2, 0) is 13.0 Å². The number of para-hydroxylation sites is 2. The SMILES string of the molecule is COc1ccc(OC)c(CCn2c(-c3ccco3)nc3ccccc32)c1. The standard InChI is InChI=1S/C21H20N2O3/c1-24-16-9-10-19(25-2)15(14-16)11-12-23-18-7-4-3-6-17(18)22-21(23)20-8-5-13-26-20/h3-10,13-14H,11-12H2,1-2H3. The summed E-state index contributed by atoms with van der Waals surface area (Å²) >= 11 is 0. The average Bonchev–Trinajstić information content (AvgIpc) is 3.33. The summed E-state index contributed by atoms with van der Waals surface area (Å²) in [7, 11) is 3.36. The Bertz CT molecular complexity index is 1020. The largest absolute Gasteiger partial charge is 0.497 e. The summed E-state index contributed by atoms with van der Waals surface area (Å²) in [6.07, 6.45) is 2.46. The van der Waals surface area contributed by atoms with Crippen LogP contribution in [0.5, 0.6) is 11.5 Å². The first-order valence-corrected chi connectivity index (χ1v) is 8.50. The van der Waals surface area contributed by atoms with Crippen molar-refractivity contribution in [2.45, 2.75) is 13.0 Å². The molecule has 0 N–H and O–H groups in total. The van der Waals surface area contributed by atoms with Gasteiger partial charge in [-0.05, 0) is 54.4 Å². The van der Waals surface area contributed by atoms with Gasteiger partial charge in [-0.1, -0.05) is 12.1 Å². The lowest BCUT2D eigenvalue weighted by atomic mass is 10.1. The van der Waals surface area contributed by atoms with Crippen molar-refractivity contribution >= 4 is 11.0 Å². The first-order chi connectivity index (χ1) is 12.8. The summed E-state index contributed by atoms with van der Waals surface area (Å²) in [4.78, 5) is 4.76. The zero-order valence-corrected chi connectivity index (χ0v) is 14.8. The zero-order valence-electron chi connectivity index (χ0n) is 14.8. The normalized spacial score (nSPS) is 11.0. The second kappa shape index (κ2) is 6.96. The van der Waals surface area contributed by atoms with E-state index in [0.29, 0.717) is 0 Å². The van der Waals surface area contributed by atoms with E-state index in [0.717, 1.165) is 52.6 Å². The molecule has 5 nitrogen and oxygen atoms in total. The van der Waals surface area contributed by atoms with Crippen LogP contribution < -0.4 is 9.47 Å². The number of methoxy groups -OCH3 is 2. The first kappa shape index (κ1) is 16.3. The second-order valence-electron chi connectivity index (χ2n) is 5.98. The lowest BCUT2D eigenvalue weighted by Crippen LogP contribution is -2.05. The molecule has 0 aliphatic carbocycles. The fourth-order valence-corrected chi connectivity index (χ4v) is 3.21. The maximum absolute atomic E-state index is 5.60. The molecule has 4 aromatic rings. The van der Waals surface area contributed by atoms with Crippen LogP contribution in [0.2, 0.25) is 0 Å². The van der Waals surface area contributed by atoms with E-state index in [-0.39, 0.29) is 0 Å². The van der Waals surface area contributed by atoms with Gasteiger partial charge >= 0.3 is 0 Å². The van der Waals surface area contributed by atoms with Crippen LogP contribution in [0, 0.1) is 0 Å². The number of benzene rings is 2. The van der Waals surface area contributed by atoms with E-state index < -0.39 is 0 Å². The van der Waals surface area contributed by atoms with Gasteiger partial charge < -0.3 is 18.5 Å². The van der Waals surface area contributed by atoms with E-state index in [2.05, 4.69) is 10.6 Å². The van der Waals surface area contributed by atoms with Gasteiger partial charge in [-0.2, -0.15) is 0 Å². The highest BCUT2D eigenvalue weighted by Crippen LogP contribution is 2.28. The number of aromatic nitrogens is 2. The van der Waals surface area contributed by atoms with Gasteiger partial charge in [0.15, 0.2) is 11.6 Å². The molecule has 2 aromatic heterocycles. The molecule has 0 saturated carbocycles. The molecule has 0 aliphatic heterocycles. The van der Waals surface area contributed by atoms with Crippen molar-refractivity contribution in [2.24, 2.45) is 0 Å². The van der Waals surface area contributed by atoms with E-state index in [9.17, 15) is 0 Å². The van der Waals surface area contributed by atoms with Gasteiger partial charge in [0.1, 0.15) is 11.5 Å². The van der Waals surface area contributed by atoms with Crippen molar-refractivity contribution in [3.63, 3.8) is 0 Å². The summed E-state index contributed by atoms with van der Waals surface area (Å²) in [5.74, 6) is 3.27. The highest BCUT2D eigenvalue weighted by Gasteiger charge is 2.15. The van der Waals surface area contributed by atoms with E-state index in [4.69, 9.17) is 18.9 Å². The van der Waals surface area contributed by atoms with Crippen LogP contribution in [0.25, 0.3) is 22.6 Å². The molecule has 0 unspecified atom stereocenters. The molecule has 2 heterocycles. The third kappa shape index (κ3) is 2.92. The van der Waals surface area contributed by atoms with Crippen LogP contribution in [0.1, 0.15) is 5.56 Å². The summed E-state index contributed by atoms with van der Waals surface area (Å²) in [6, 6.07) is 17.8. The number of fused-ring (bicyclic) bond motifs is 1. The van der Waals surface area contributed by atoms with Crippen molar-refractivity contribution < 1.29 is 13.9 Å². The van der Waals surface area contributed by atoms with E-state index in [1.807, 2.05) is 48.5 Å². The maximum Gasteiger partial charge on any atom is 0.177 e. The fourth-order valence-electron chi connectivity index (χ4n) is 3.21. The first-order valence-electron chi connectivity index (χ1n) is 8.50. The smallest absolute Gasteiger partial charge is 0.177 e. The Morgan fingerprint density at radius 1 is 1.00 bits per heavy atom. The molecule has 0 atom stereocenters. The van der Waals surface area contributed by atoms with Gasteiger partial charge in [0.2, 0.25) is 0 Å². The number of aryl methyl sites for hydroxylation is 2. The van der Waals surface area contributed by atoms with Gasteiger partial charge in [-0.25, -0.2) is 4.98 Å². The van der Waals surface area contributed by atoms with Crippen molar-refractivity contribution in [2.75, 3.05) is 14.2 Å².